The third kappa shape index (κ3) is 5.50. The van der Waals surface area contributed by atoms with E-state index in [0.717, 1.165) is 49.7 Å². The molecule has 0 bridgehead atoms. The van der Waals surface area contributed by atoms with Crippen LogP contribution < -0.4 is 5.32 Å². The van der Waals surface area contributed by atoms with E-state index in [1.54, 1.807) is 0 Å². The fourth-order valence-corrected chi connectivity index (χ4v) is 3.61. The SMILES string of the molecule is O=C(CN1CCN(Cc2ccccn2)CC1)Nc1ccc(-c2ccccc2)cc1. The second-order valence-corrected chi connectivity index (χ2v) is 7.36. The number of nitrogens with zero attached hydrogens (tertiary/aromatic N) is 3. The Balaban J connectivity index is 1.23. The van der Waals surface area contributed by atoms with E-state index < -0.39 is 0 Å². The molecule has 1 aliphatic heterocycles. The lowest BCUT2D eigenvalue weighted by atomic mass is 10.1. The van der Waals surface area contributed by atoms with Crippen molar-refractivity contribution in [3.63, 3.8) is 0 Å². The van der Waals surface area contributed by atoms with Crippen LogP contribution in [-0.4, -0.2) is 53.4 Å². The van der Waals surface area contributed by atoms with Crippen molar-refractivity contribution < 1.29 is 4.79 Å². The average molecular weight is 386 g/mol. The molecule has 5 heteroatoms. The molecule has 29 heavy (non-hydrogen) atoms. The maximum atomic E-state index is 12.4. The van der Waals surface area contributed by atoms with Crippen molar-refractivity contribution in [3.05, 3.63) is 84.7 Å². The lowest BCUT2D eigenvalue weighted by Crippen LogP contribution is -2.48. The molecule has 1 fully saturated rings. The zero-order valence-electron chi connectivity index (χ0n) is 16.5. The van der Waals surface area contributed by atoms with Gasteiger partial charge in [0.25, 0.3) is 0 Å². The van der Waals surface area contributed by atoms with Crippen LogP contribution in [0.4, 0.5) is 5.69 Å². The molecule has 0 spiro atoms. The molecule has 0 atom stereocenters. The largest absolute Gasteiger partial charge is 0.325 e. The Kier molecular flexibility index (Phi) is 6.29. The van der Waals surface area contributed by atoms with E-state index in [0.29, 0.717) is 6.54 Å². The molecule has 2 heterocycles. The molecule has 1 aromatic heterocycles. The summed E-state index contributed by atoms with van der Waals surface area (Å²) in [7, 11) is 0. The highest BCUT2D eigenvalue weighted by Gasteiger charge is 2.19. The summed E-state index contributed by atoms with van der Waals surface area (Å²) in [6, 6.07) is 24.3. The van der Waals surface area contributed by atoms with Gasteiger partial charge in [-0.05, 0) is 35.4 Å². The third-order valence-electron chi connectivity index (χ3n) is 5.22. The second kappa shape index (κ2) is 9.45. The number of amides is 1. The van der Waals surface area contributed by atoms with Gasteiger partial charge in [-0.3, -0.25) is 19.6 Å². The molecule has 4 rings (SSSR count). The normalized spacial score (nSPS) is 15.2. The van der Waals surface area contributed by atoms with E-state index in [-0.39, 0.29) is 5.91 Å². The lowest BCUT2D eigenvalue weighted by Gasteiger charge is -2.34. The number of piperazine rings is 1. The summed E-state index contributed by atoms with van der Waals surface area (Å²) in [4.78, 5) is 21.4. The molecule has 5 nitrogen and oxygen atoms in total. The van der Waals surface area contributed by atoms with Crippen molar-refractivity contribution >= 4 is 11.6 Å². The molecule has 0 saturated carbocycles. The van der Waals surface area contributed by atoms with Crippen LogP contribution in [-0.2, 0) is 11.3 Å². The minimum absolute atomic E-state index is 0.0376. The number of aromatic nitrogens is 1. The van der Waals surface area contributed by atoms with Gasteiger partial charge in [-0.1, -0.05) is 48.5 Å². The third-order valence-corrected chi connectivity index (χ3v) is 5.22. The molecular weight excluding hydrogens is 360 g/mol. The fraction of sp³-hybridized carbons (Fsp3) is 0.250. The first-order chi connectivity index (χ1) is 14.3. The molecule has 0 unspecified atom stereocenters. The fourth-order valence-electron chi connectivity index (χ4n) is 3.61. The van der Waals surface area contributed by atoms with E-state index in [9.17, 15) is 4.79 Å². The highest BCUT2D eigenvalue weighted by molar-refractivity contribution is 5.92. The number of anilines is 1. The molecule has 1 amide bonds. The molecule has 0 radical (unpaired) electrons. The van der Waals surface area contributed by atoms with Gasteiger partial charge >= 0.3 is 0 Å². The van der Waals surface area contributed by atoms with Gasteiger partial charge in [-0.15, -0.1) is 0 Å². The topological polar surface area (TPSA) is 48.5 Å². The van der Waals surface area contributed by atoms with E-state index in [2.05, 4.69) is 38.3 Å². The van der Waals surface area contributed by atoms with Crippen molar-refractivity contribution in [2.75, 3.05) is 38.0 Å². The number of nitrogens with one attached hydrogen (secondary N) is 1. The Bertz CT molecular complexity index is 905. The van der Waals surface area contributed by atoms with Crippen LogP contribution >= 0.6 is 0 Å². The van der Waals surface area contributed by atoms with Gasteiger partial charge in [0.1, 0.15) is 0 Å². The monoisotopic (exact) mass is 386 g/mol. The quantitative estimate of drug-likeness (QED) is 0.704. The van der Waals surface area contributed by atoms with Crippen molar-refractivity contribution in [1.82, 2.24) is 14.8 Å². The van der Waals surface area contributed by atoms with Crippen molar-refractivity contribution in [3.8, 4) is 11.1 Å². The summed E-state index contributed by atoms with van der Waals surface area (Å²) < 4.78 is 0. The lowest BCUT2D eigenvalue weighted by molar-refractivity contribution is -0.117. The summed E-state index contributed by atoms with van der Waals surface area (Å²) in [5.74, 6) is 0.0376. The number of benzene rings is 2. The van der Waals surface area contributed by atoms with Gasteiger partial charge in [0.15, 0.2) is 0 Å². The first-order valence-electron chi connectivity index (χ1n) is 10.1. The molecule has 3 aromatic rings. The van der Waals surface area contributed by atoms with Crippen LogP contribution in [0, 0.1) is 0 Å². The first-order valence-corrected chi connectivity index (χ1v) is 10.1. The molecule has 148 valence electrons. The minimum atomic E-state index is 0.0376. The van der Waals surface area contributed by atoms with Crippen molar-refractivity contribution in [2.24, 2.45) is 0 Å². The molecule has 1 saturated heterocycles. The highest BCUT2D eigenvalue weighted by atomic mass is 16.2. The molecule has 0 aliphatic carbocycles. The zero-order chi connectivity index (χ0) is 19.9. The Morgan fingerprint density at radius 2 is 1.45 bits per heavy atom. The van der Waals surface area contributed by atoms with Crippen molar-refractivity contribution in [2.45, 2.75) is 6.54 Å². The van der Waals surface area contributed by atoms with E-state index in [1.165, 1.54) is 5.56 Å². The number of pyridine rings is 1. The molecule has 2 aromatic carbocycles. The van der Waals surface area contributed by atoms with E-state index in [1.807, 2.05) is 60.8 Å². The summed E-state index contributed by atoms with van der Waals surface area (Å²) >= 11 is 0. The molecular formula is C24H26N4O. The highest BCUT2D eigenvalue weighted by Crippen LogP contribution is 2.21. The Hall–Kier alpha value is -3.02. The van der Waals surface area contributed by atoms with Crippen LogP contribution in [0.1, 0.15) is 5.69 Å². The second-order valence-electron chi connectivity index (χ2n) is 7.36. The predicted molar refractivity (Wildman–Crippen MR) is 116 cm³/mol. The summed E-state index contributed by atoms with van der Waals surface area (Å²) in [5, 5.41) is 3.01. The van der Waals surface area contributed by atoms with Crippen molar-refractivity contribution in [1.29, 1.82) is 0 Å². The Labute approximate surface area is 172 Å². The summed E-state index contributed by atoms with van der Waals surface area (Å²) in [6.45, 7) is 5.00. The molecule has 1 aliphatic rings. The predicted octanol–water partition coefficient (Wildman–Crippen LogP) is 3.50. The number of carbonyl (C=O) groups excluding carboxylic acids is 1. The van der Waals surface area contributed by atoms with E-state index in [4.69, 9.17) is 0 Å². The van der Waals surface area contributed by atoms with Gasteiger partial charge in [0.2, 0.25) is 5.91 Å². The van der Waals surface area contributed by atoms with Gasteiger partial charge in [-0.25, -0.2) is 0 Å². The van der Waals surface area contributed by atoms with Crippen LogP contribution in [0.2, 0.25) is 0 Å². The Morgan fingerprint density at radius 1 is 0.793 bits per heavy atom. The summed E-state index contributed by atoms with van der Waals surface area (Å²) in [6.07, 6.45) is 1.84. The van der Waals surface area contributed by atoms with Crippen LogP contribution in [0.15, 0.2) is 79.0 Å². The first kappa shape index (κ1) is 19.3. The van der Waals surface area contributed by atoms with Gasteiger partial charge < -0.3 is 5.32 Å². The van der Waals surface area contributed by atoms with Gasteiger partial charge in [0.05, 0.1) is 12.2 Å². The number of rotatable bonds is 6. The van der Waals surface area contributed by atoms with Gasteiger partial charge in [-0.2, -0.15) is 0 Å². The van der Waals surface area contributed by atoms with E-state index >= 15 is 0 Å². The van der Waals surface area contributed by atoms with Crippen LogP contribution in [0.5, 0.6) is 0 Å². The number of hydrogen-bond acceptors (Lipinski definition) is 4. The standard InChI is InChI=1S/C24H26N4O/c29-24(26-22-11-9-21(10-12-22)20-6-2-1-3-7-20)19-28-16-14-27(15-17-28)18-23-8-4-5-13-25-23/h1-13H,14-19H2,(H,26,29). The van der Waals surface area contributed by atoms with Crippen LogP contribution in [0.25, 0.3) is 11.1 Å². The smallest absolute Gasteiger partial charge is 0.238 e. The zero-order valence-corrected chi connectivity index (χ0v) is 16.5. The van der Waals surface area contributed by atoms with Gasteiger partial charge in [0, 0.05) is 44.6 Å². The summed E-state index contributed by atoms with van der Waals surface area (Å²) in [5.41, 5.74) is 4.25. The minimum Gasteiger partial charge on any atom is -0.325 e. The molecule has 1 N–H and O–H groups in total. The number of hydrogen-bond donors (Lipinski definition) is 1. The van der Waals surface area contributed by atoms with Crippen LogP contribution in [0.3, 0.4) is 0 Å². The number of carbonyl (C=O) groups is 1. The maximum Gasteiger partial charge on any atom is 0.238 e. The average Bonchev–Trinajstić information content (AvgIpc) is 2.77. The Morgan fingerprint density at radius 3 is 2.14 bits per heavy atom. The maximum absolute atomic E-state index is 12.4.